The summed E-state index contributed by atoms with van der Waals surface area (Å²) < 4.78 is 4.80. The molecular weight excluding hydrogens is 316 g/mol. The summed E-state index contributed by atoms with van der Waals surface area (Å²) in [4.78, 5) is 29.4. The Kier molecular flexibility index (Phi) is 6.10. The van der Waals surface area contributed by atoms with Crippen LogP contribution in [0.25, 0.3) is 0 Å². The summed E-state index contributed by atoms with van der Waals surface area (Å²) in [5, 5.41) is 17.2. The van der Waals surface area contributed by atoms with E-state index in [0.29, 0.717) is 25.0 Å². The highest BCUT2D eigenvalue weighted by Crippen LogP contribution is 2.25. The van der Waals surface area contributed by atoms with E-state index in [9.17, 15) is 14.9 Å². The molecule has 0 saturated heterocycles. The third kappa shape index (κ3) is 5.21. The molecular formula is C14H22N6O4. The van der Waals surface area contributed by atoms with Crippen LogP contribution in [-0.2, 0) is 4.74 Å². The average Bonchev–Trinajstić information content (AvgIpc) is 2.99. The number of rotatable bonds is 8. The van der Waals surface area contributed by atoms with Gasteiger partial charge in [-0.3, -0.25) is 10.1 Å². The van der Waals surface area contributed by atoms with Crippen molar-refractivity contribution in [3.63, 3.8) is 0 Å². The van der Waals surface area contributed by atoms with Crippen molar-refractivity contribution in [2.45, 2.75) is 51.2 Å². The molecule has 1 fully saturated rings. The van der Waals surface area contributed by atoms with E-state index >= 15 is 0 Å². The summed E-state index contributed by atoms with van der Waals surface area (Å²) in [6.07, 6.45) is 4.80. The number of aromatic nitrogens is 2. The predicted octanol–water partition coefficient (Wildman–Crippen LogP) is 2.03. The van der Waals surface area contributed by atoms with Crippen LogP contribution in [0.15, 0.2) is 6.20 Å². The molecule has 1 aliphatic rings. The van der Waals surface area contributed by atoms with Crippen LogP contribution < -0.4 is 16.4 Å². The fourth-order valence-electron chi connectivity index (χ4n) is 2.61. The van der Waals surface area contributed by atoms with Crippen LogP contribution >= 0.6 is 0 Å². The topological polar surface area (TPSA) is 145 Å². The largest absolute Gasteiger partial charge is 0.447 e. The van der Waals surface area contributed by atoms with E-state index in [1.807, 2.05) is 0 Å². The van der Waals surface area contributed by atoms with Gasteiger partial charge in [-0.1, -0.05) is 12.8 Å². The van der Waals surface area contributed by atoms with Gasteiger partial charge in [-0.05, 0) is 19.8 Å². The lowest BCUT2D eigenvalue weighted by Crippen LogP contribution is -2.23. The minimum atomic E-state index is -0.849. The molecule has 0 spiro atoms. The highest BCUT2D eigenvalue weighted by Gasteiger charge is 2.20. The molecule has 1 heterocycles. The van der Waals surface area contributed by atoms with Crippen LogP contribution in [0.2, 0.25) is 0 Å². The molecule has 1 aromatic heterocycles. The summed E-state index contributed by atoms with van der Waals surface area (Å²) in [5.41, 5.74) is 4.74. The maximum atomic E-state index is 11.1. The van der Waals surface area contributed by atoms with Gasteiger partial charge in [0.05, 0.1) is 4.92 Å². The van der Waals surface area contributed by atoms with Crippen molar-refractivity contribution in [1.29, 1.82) is 0 Å². The number of hydrogen-bond acceptors (Lipinski definition) is 8. The molecule has 1 aromatic rings. The molecule has 4 N–H and O–H groups in total. The highest BCUT2D eigenvalue weighted by molar-refractivity contribution is 5.64. The first-order valence-electron chi connectivity index (χ1n) is 7.93. The molecule has 0 aliphatic heterocycles. The maximum absolute atomic E-state index is 11.1. The lowest BCUT2D eigenvalue weighted by Gasteiger charge is -2.14. The van der Waals surface area contributed by atoms with Crippen molar-refractivity contribution < 1.29 is 14.5 Å². The number of hydrogen-bond donors (Lipinski definition) is 3. The van der Waals surface area contributed by atoms with E-state index in [1.54, 1.807) is 6.92 Å². The number of nitro groups is 1. The van der Waals surface area contributed by atoms with Gasteiger partial charge in [0.2, 0.25) is 11.8 Å². The van der Waals surface area contributed by atoms with E-state index in [0.717, 1.165) is 25.7 Å². The Balaban J connectivity index is 1.99. The summed E-state index contributed by atoms with van der Waals surface area (Å²) in [7, 11) is 0. The number of primary amides is 1. The first-order valence-corrected chi connectivity index (χ1v) is 7.93. The minimum absolute atomic E-state index is 0.141. The number of carbonyl (C=O) groups is 1. The fourth-order valence-corrected chi connectivity index (χ4v) is 2.61. The highest BCUT2D eigenvalue weighted by atomic mass is 16.6. The van der Waals surface area contributed by atoms with Crippen LogP contribution in [0.5, 0.6) is 0 Å². The lowest BCUT2D eigenvalue weighted by molar-refractivity contribution is -0.384. The van der Waals surface area contributed by atoms with Gasteiger partial charge in [0.15, 0.2) is 0 Å². The SMILES string of the molecule is CC(CCNc1nc(NC2CCCC2)ncc1[N+](=O)[O-])OC(N)=O. The fraction of sp³-hybridized carbons (Fsp3) is 0.643. The molecule has 0 aromatic carbocycles. The Morgan fingerprint density at radius 2 is 2.25 bits per heavy atom. The van der Waals surface area contributed by atoms with Crippen molar-refractivity contribution >= 4 is 23.5 Å². The number of carbonyl (C=O) groups excluding carboxylic acids is 1. The third-order valence-corrected chi connectivity index (χ3v) is 3.82. The van der Waals surface area contributed by atoms with Crippen molar-refractivity contribution in [3.8, 4) is 0 Å². The Morgan fingerprint density at radius 3 is 2.88 bits per heavy atom. The van der Waals surface area contributed by atoms with Gasteiger partial charge < -0.3 is 21.1 Å². The zero-order valence-electron chi connectivity index (χ0n) is 13.5. The van der Waals surface area contributed by atoms with E-state index < -0.39 is 17.1 Å². The Hall–Kier alpha value is -2.65. The molecule has 2 rings (SSSR count). The zero-order chi connectivity index (χ0) is 17.5. The molecule has 132 valence electrons. The number of nitrogens with one attached hydrogen (secondary N) is 2. The van der Waals surface area contributed by atoms with Gasteiger partial charge >= 0.3 is 11.8 Å². The predicted molar refractivity (Wildman–Crippen MR) is 87.8 cm³/mol. The van der Waals surface area contributed by atoms with Crippen LogP contribution in [0.1, 0.15) is 39.0 Å². The molecule has 1 unspecified atom stereocenters. The second-order valence-corrected chi connectivity index (χ2v) is 5.77. The third-order valence-electron chi connectivity index (χ3n) is 3.82. The smallest absolute Gasteiger partial charge is 0.404 e. The number of nitrogens with zero attached hydrogens (tertiary/aromatic N) is 3. The molecule has 1 saturated carbocycles. The first-order chi connectivity index (χ1) is 11.5. The summed E-state index contributed by atoms with van der Waals surface area (Å²) in [6, 6.07) is 0.309. The standard InChI is InChI=1S/C14H22N6O4/c1-9(24-13(15)21)6-7-16-12-11(20(22)23)8-17-14(19-12)18-10-4-2-3-5-10/h8-10H,2-7H2,1H3,(H2,15,21)(H2,16,17,18,19). The summed E-state index contributed by atoms with van der Waals surface area (Å²) in [6.45, 7) is 2.03. The van der Waals surface area contributed by atoms with Gasteiger partial charge in [0, 0.05) is 19.0 Å². The summed E-state index contributed by atoms with van der Waals surface area (Å²) in [5.74, 6) is 0.512. The van der Waals surface area contributed by atoms with Gasteiger partial charge in [0.25, 0.3) is 0 Å². The van der Waals surface area contributed by atoms with E-state index in [1.165, 1.54) is 6.20 Å². The number of amides is 1. The van der Waals surface area contributed by atoms with Gasteiger partial charge in [-0.15, -0.1) is 0 Å². The van der Waals surface area contributed by atoms with E-state index in [4.69, 9.17) is 10.5 Å². The number of anilines is 2. The quantitative estimate of drug-likeness (QED) is 0.482. The van der Waals surface area contributed by atoms with Gasteiger partial charge in [-0.25, -0.2) is 9.78 Å². The molecule has 0 radical (unpaired) electrons. The average molecular weight is 338 g/mol. The van der Waals surface area contributed by atoms with E-state index in [-0.39, 0.29) is 11.5 Å². The monoisotopic (exact) mass is 338 g/mol. The first kappa shape index (κ1) is 17.7. The van der Waals surface area contributed by atoms with Crippen LogP contribution in [0.4, 0.5) is 22.2 Å². The summed E-state index contributed by atoms with van der Waals surface area (Å²) >= 11 is 0. The molecule has 1 aliphatic carbocycles. The molecule has 10 heteroatoms. The second kappa shape index (κ2) is 8.27. The molecule has 10 nitrogen and oxygen atoms in total. The molecule has 0 bridgehead atoms. The van der Waals surface area contributed by atoms with Crippen molar-refractivity contribution in [1.82, 2.24) is 9.97 Å². The number of ether oxygens (including phenoxy) is 1. The lowest BCUT2D eigenvalue weighted by atomic mass is 10.2. The molecule has 1 amide bonds. The Labute approximate surface area is 139 Å². The zero-order valence-corrected chi connectivity index (χ0v) is 13.5. The van der Waals surface area contributed by atoms with Crippen LogP contribution in [-0.4, -0.2) is 39.7 Å². The minimum Gasteiger partial charge on any atom is -0.447 e. The number of nitrogens with two attached hydrogens (primary N) is 1. The van der Waals surface area contributed by atoms with Crippen molar-refractivity contribution in [2.75, 3.05) is 17.2 Å². The Morgan fingerprint density at radius 1 is 1.54 bits per heavy atom. The van der Waals surface area contributed by atoms with Crippen molar-refractivity contribution in [3.05, 3.63) is 16.3 Å². The normalized spacial score (nSPS) is 15.7. The second-order valence-electron chi connectivity index (χ2n) is 5.77. The van der Waals surface area contributed by atoms with Gasteiger partial charge in [-0.2, -0.15) is 4.98 Å². The van der Waals surface area contributed by atoms with Gasteiger partial charge in [0.1, 0.15) is 12.3 Å². The molecule has 1 atom stereocenters. The van der Waals surface area contributed by atoms with Crippen molar-refractivity contribution in [2.24, 2.45) is 5.73 Å². The molecule has 24 heavy (non-hydrogen) atoms. The van der Waals surface area contributed by atoms with Crippen LogP contribution in [0.3, 0.4) is 0 Å². The Bertz CT molecular complexity index is 591. The van der Waals surface area contributed by atoms with E-state index in [2.05, 4.69) is 20.6 Å². The van der Waals surface area contributed by atoms with Crippen LogP contribution in [0, 0.1) is 10.1 Å². The maximum Gasteiger partial charge on any atom is 0.404 e.